The highest BCUT2D eigenvalue weighted by molar-refractivity contribution is 5.23. The molecule has 0 amide bonds. The quantitative estimate of drug-likeness (QED) is 0.754. The van der Waals surface area contributed by atoms with Crippen LogP contribution in [0.1, 0.15) is 19.6 Å². The third kappa shape index (κ3) is 2.04. The van der Waals surface area contributed by atoms with Crippen LogP contribution < -0.4 is 11.4 Å². The topological polar surface area (TPSA) is 90.4 Å². The van der Waals surface area contributed by atoms with Crippen LogP contribution in [-0.4, -0.2) is 26.9 Å². The number of nitrogen functional groups attached to an aromatic ring is 1. The van der Waals surface area contributed by atoms with Crippen LogP contribution in [0.2, 0.25) is 0 Å². The van der Waals surface area contributed by atoms with E-state index in [1.807, 2.05) is 6.92 Å². The maximum Gasteiger partial charge on any atom is 0.351 e. The van der Waals surface area contributed by atoms with Crippen LogP contribution in [0.25, 0.3) is 0 Å². The summed E-state index contributed by atoms with van der Waals surface area (Å²) in [6.07, 6.45) is 3.28. The molecule has 0 aliphatic carbocycles. The fraction of sp³-hybridized carbons (Fsp3) is 0.500. The van der Waals surface area contributed by atoms with Crippen LogP contribution in [-0.2, 0) is 4.74 Å². The third-order valence-electron chi connectivity index (χ3n) is 3.28. The molecule has 1 fully saturated rings. The number of aliphatic hydroxyl groups excluding tert-OH is 1. The molecule has 0 saturated carbocycles. The number of rotatable bonds is 3. The Morgan fingerprint density at radius 2 is 2.56 bits per heavy atom. The number of anilines is 1. The Morgan fingerprint density at radius 1 is 1.83 bits per heavy atom. The molecule has 0 aromatic carbocycles. The van der Waals surface area contributed by atoms with Crippen molar-refractivity contribution in [3.63, 3.8) is 0 Å². The molecular formula is C12H17N3O3. The summed E-state index contributed by atoms with van der Waals surface area (Å²) < 4.78 is 7.17. The second-order valence-corrected chi connectivity index (χ2v) is 4.66. The first kappa shape index (κ1) is 12.8. The zero-order valence-electron chi connectivity index (χ0n) is 10.2. The van der Waals surface area contributed by atoms with Crippen LogP contribution in [0.3, 0.4) is 0 Å². The lowest BCUT2D eigenvalue weighted by atomic mass is 9.95. The fourth-order valence-corrected chi connectivity index (χ4v) is 2.30. The van der Waals surface area contributed by atoms with E-state index in [2.05, 4.69) is 11.6 Å². The van der Waals surface area contributed by atoms with Gasteiger partial charge in [0.25, 0.3) is 0 Å². The standard InChI is InChI=1S/C12H17N3O3/c1-3-12(7-16)6-8(2)10(18-12)15-5-4-9(13)14-11(15)17/h3-5,8,10,16H,1,6-7H2,2H3,(H2,13,14,17)/t8-,10+,12?/m0/s1. The summed E-state index contributed by atoms with van der Waals surface area (Å²) in [5.41, 5.74) is 4.20. The van der Waals surface area contributed by atoms with Gasteiger partial charge in [-0.05, 0) is 12.5 Å². The van der Waals surface area contributed by atoms with E-state index in [4.69, 9.17) is 10.5 Å². The van der Waals surface area contributed by atoms with Gasteiger partial charge in [0.2, 0.25) is 0 Å². The van der Waals surface area contributed by atoms with Crippen molar-refractivity contribution in [3.8, 4) is 0 Å². The Hall–Kier alpha value is -1.66. The minimum atomic E-state index is -0.787. The molecule has 3 N–H and O–H groups in total. The highest BCUT2D eigenvalue weighted by Gasteiger charge is 2.43. The van der Waals surface area contributed by atoms with E-state index in [0.717, 1.165) is 0 Å². The number of nitrogens with zero attached hydrogens (tertiary/aromatic N) is 2. The molecule has 98 valence electrons. The van der Waals surface area contributed by atoms with Gasteiger partial charge in [-0.1, -0.05) is 13.0 Å². The summed E-state index contributed by atoms with van der Waals surface area (Å²) in [4.78, 5) is 15.4. The zero-order chi connectivity index (χ0) is 13.3. The molecule has 1 saturated heterocycles. The smallest absolute Gasteiger partial charge is 0.351 e. The van der Waals surface area contributed by atoms with Gasteiger partial charge in [0, 0.05) is 12.1 Å². The third-order valence-corrected chi connectivity index (χ3v) is 3.28. The molecule has 1 aromatic rings. The molecule has 6 nitrogen and oxygen atoms in total. The highest BCUT2D eigenvalue weighted by Crippen LogP contribution is 2.40. The molecule has 0 radical (unpaired) electrons. The Bertz CT molecular complexity index is 514. The molecule has 1 aromatic heterocycles. The van der Waals surface area contributed by atoms with Crippen LogP contribution in [0, 0.1) is 5.92 Å². The largest absolute Gasteiger partial charge is 0.393 e. The van der Waals surface area contributed by atoms with Gasteiger partial charge in [0.1, 0.15) is 17.6 Å². The number of hydrogen-bond acceptors (Lipinski definition) is 5. The summed E-state index contributed by atoms with van der Waals surface area (Å²) in [5, 5.41) is 9.39. The average molecular weight is 251 g/mol. The summed E-state index contributed by atoms with van der Waals surface area (Å²) in [6.45, 7) is 5.47. The molecule has 1 unspecified atom stereocenters. The predicted octanol–water partition coefficient (Wildman–Crippen LogP) is 0.298. The lowest BCUT2D eigenvalue weighted by molar-refractivity contribution is -0.0760. The van der Waals surface area contributed by atoms with Gasteiger partial charge in [0.05, 0.1) is 6.61 Å². The van der Waals surface area contributed by atoms with Crippen LogP contribution in [0.4, 0.5) is 5.82 Å². The van der Waals surface area contributed by atoms with Gasteiger partial charge in [-0.2, -0.15) is 4.98 Å². The normalized spacial score (nSPS) is 31.4. The van der Waals surface area contributed by atoms with Crippen LogP contribution in [0.15, 0.2) is 29.7 Å². The van der Waals surface area contributed by atoms with Crippen molar-refractivity contribution in [2.45, 2.75) is 25.2 Å². The van der Waals surface area contributed by atoms with Crippen molar-refractivity contribution in [1.82, 2.24) is 9.55 Å². The van der Waals surface area contributed by atoms with E-state index < -0.39 is 17.5 Å². The van der Waals surface area contributed by atoms with Crippen molar-refractivity contribution in [1.29, 1.82) is 0 Å². The van der Waals surface area contributed by atoms with Crippen LogP contribution >= 0.6 is 0 Å². The van der Waals surface area contributed by atoms with Crippen molar-refractivity contribution in [2.24, 2.45) is 5.92 Å². The lowest BCUT2D eigenvalue weighted by Gasteiger charge is -2.23. The monoisotopic (exact) mass is 251 g/mol. The first-order valence-corrected chi connectivity index (χ1v) is 5.78. The number of ether oxygens (including phenoxy) is 1. The van der Waals surface area contributed by atoms with Crippen LogP contribution in [0.5, 0.6) is 0 Å². The Labute approximate surface area is 105 Å². The highest BCUT2D eigenvalue weighted by atomic mass is 16.5. The first-order chi connectivity index (χ1) is 8.51. The molecular weight excluding hydrogens is 234 g/mol. The van der Waals surface area contributed by atoms with E-state index in [1.54, 1.807) is 18.3 Å². The second-order valence-electron chi connectivity index (χ2n) is 4.66. The van der Waals surface area contributed by atoms with Crippen molar-refractivity contribution in [2.75, 3.05) is 12.3 Å². The van der Waals surface area contributed by atoms with Crippen molar-refractivity contribution in [3.05, 3.63) is 35.4 Å². The average Bonchev–Trinajstić information content (AvgIpc) is 2.67. The number of hydrogen-bond donors (Lipinski definition) is 2. The summed E-state index contributed by atoms with van der Waals surface area (Å²) >= 11 is 0. The Balaban J connectivity index is 2.35. The molecule has 0 bridgehead atoms. The molecule has 3 atom stereocenters. The van der Waals surface area contributed by atoms with Gasteiger partial charge in [-0.25, -0.2) is 4.79 Å². The summed E-state index contributed by atoms with van der Waals surface area (Å²) in [7, 11) is 0. The fourth-order valence-electron chi connectivity index (χ4n) is 2.30. The van der Waals surface area contributed by atoms with Gasteiger partial charge in [-0.15, -0.1) is 6.58 Å². The number of aromatic nitrogens is 2. The van der Waals surface area contributed by atoms with E-state index >= 15 is 0 Å². The van der Waals surface area contributed by atoms with Crippen molar-refractivity contribution < 1.29 is 9.84 Å². The van der Waals surface area contributed by atoms with E-state index in [-0.39, 0.29) is 18.3 Å². The van der Waals surface area contributed by atoms with E-state index in [1.165, 1.54) is 4.57 Å². The maximum atomic E-state index is 11.8. The summed E-state index contributed by atoms with van der Waals surface area (Å²) in [5.74, 6) is 0.248. The van der Waals surface area contributed by atoms with Gasteiger partial charge in [0.15, 0.2) is 0 Å². The number of aliphatic hydroxyl groups is 1. The number of nitrogens with two attached hydrogens (primary N) is 1. The molecule has 2 heterocycles. The molecule has 18 heavy (non-hydrogen) atoms. The maximum absolute atomic E-state index is 11.8. The predicted molar refractivity (Wildman–Crippen MR) is 66.8 cm³/mol. The minimum absolute atomic E-state index is 0.0678. The molecule has 1 aliphatic heterocycles. The van der Waals surface area contributed by atoms with E-state index in [0.29, 0.717) is 6.42 Å². The second kappa shape index (κ2) is 4.55. The Morgan fingerprint density at radius 3 is 3.06 bits per heavy atom. The van der Waals surface area contributed by atoms with Gasteiger partial charge < -0.3 is 15.6 Å². The molecule has 1 aliphatic rings. The SMILES string of the molecule is C=CC1(CO)C[C@H](C)[C@H](n2ccc(N)nc2=O)O1. The van der Waals surface area contributed by atoms with Crippen molar-refractivity contribution >= 4 is 5.82 Å². The first-order valence-electron chi connectivity index (χ1n) is 5.78. The molecule has 0 spiro atoms. The molecule has 6 heteroatoms. The zero-order valence-corrected chi connectivity index (χ0v) is 10.2. The minimum Gasteiger partial charge on any atom is -0.393 e. The summed E-state index contributed by atoms with van der Waals surface area (Å²) in [6, 6.07) is 1.55. The van der Waals surface area contributed by atoms with Gasteiger partial charge >= 0.3 is 5.69 Å². The molecule has 2 rings (SSSR count). The van der Waals surface area contributed by atoms with Gasteiger partial charge in [-0.3, -0.25) is 4.57 Å². The Kier molecular flexibility index (Phi) is 3.23. The lowest BCUT2D eigenvalue weighted by Crippen LogP contribution is -2.33. The van der Waals surface area contributed by atoms with E-state index in [9.17, 15) is 9.90 Å².